The Morgan fingerprint density at radius 2 is 2.28 bits per heavy atom. The molecular formula is C14H20BrNO2. The molecule has 0 saturated carbocycles. The first-order valence-corrected chi connectivity index (χ1v) is 7.07. The van der Waals surface area contributed by atoms with Crippen LogP contribution in [0.4, 0.5) is 0 Å². The van der Waals surface area contributed by atoms with E-state index in [9.17, 15) is 0 Å². The van der Waals surface area contributed by atoms with Gasteiger partial charge in [-0.25, -0.2) is 0 Å². The van der Waals surface area contributed by atoms with Crippen LogP contribution in [0, 0.1) is 0 Å². The van der Waals surface area contributed by atoms with E-state index < -0.39 is 0 Å². The summed E-state index contributed by atoms with van der Waals surface area (Å²) in [6.45, 7) is 4.45. The average Bonchev–Trinajstić information content (AvgIpc) is 2.86. The lowest BCUT2D eigenvalue weighted by Crippen LogP contribution is -2.43. The van der Waals surface area contributed by atoms with Gasteiger partial charge in [0.1, 0.15) is 5.60 Å². The fraction of sp³-hybridized carbons (Fsp3) is 0.571. The van der Waals surface area contributed by atoms with E-state index in [2.05, 4.69) is 46.4 Å². The Balaban J connectivity index is 1.96. The number of hydrogen-bond donors (Lipinski definition) is 1. The van der Waals surface area contributed by atoms with Crippen LogP contribution in [0.1, 0.15) is 24.9 Å². The van der Waals surface area contributed by atoms with E-state index in [1.807, 2.05) is 6.07 Å². The highest BCUT2D eigenvalue weighted by atomic mass is 79.9. The van der Waals surface area contributed by atoms with Gasteiger partial charge in [0.2, 0.25) is 0 Å². The first-order valence-electron chi connectivity index (χ1n) is 6.27. The van der Waals surface area contributed by atoms with Gasteiger partial charge in [-0.1, -0.05) is 34.1 Å². The first-order chi connectivity index (χ1) is 8.67. The number of rotatable bonds is 5. The predicted molar refractivity (Wildman–Crippen MR) is 75.7 cm³/mol. The van der Waals surface area contributed by atoms with Crippen molar-refractivity contribution < 1.29 is 9.47 Å². The van der Waals surface area contributed by atoms with Crippen LogP contribution in [-0.2, 0) is 9.47 Å². The summed E-state index contributed by atoms with van der Waals surface area (Å²) in [4.78, 5) is 0. The van der Waals surface area contributed by atoms with Gasteiger partial charge < -0.3 is 14.8 Å². The Bertz CT molecular complexity index is 391. The van der Waals surface area contributed by atoms with Crippen molar-refractivity contribution in [1.29, 1.82) is 0 Å². The molecule has 0 radical (unpaired) electrons. The van der Waals surface area contributed by atoms with E-state index >= 15 is 0 Å². The summed E-state index contributed by atoms with van der Waals surface area (Å²) >= 11 is 3.58. The Morgan fingerprint density at radius 1 is 1.50 bits per heavy atom. The highest BCUT2D eigenvalue weighted by molar-refractivity contribution is 9.10. The van der Waals surface area contributed by atoms with E-state index in [1.54, 1.807) is 7.11 Å². The summed E-state index contributed by atoms with van der Waals surface area (Å²) in [5, 5.41) is 3.54. The van der Waals surface area contributed by atoms with Crippen LogP contribution in [-0.4, -0.2) is 32.5 Å². The summed E-state index contributed by atoms with van der Waals surface area (Å²) in [5.74, 6) is 0. The molecule has 1 N–H and O–H groups in total. The summed E-state index contributed by atoms with van der Waals surface area (Å²) in [6, 6.07) is 8.57. The molecule has 3 nitrogen and oxygen atoms in total. The third-order valence-electron chi connectivity index (χ3n) is 3.60. The highest BCUT2D eigenvalue weighted by Crippen LogP contribution is 2.25. The van der Waals surface area contributed by atoms with E-state index in [0.29, 0.717) is 6.61 Å². The second kappa shape index (κ2) is 6.15. The van der Waals surface area contributed by atoms with Crippen molar-refractivity contribution in [3.8, 4) is 0 Å². The lowest BCUT2D eigenvalue weighted by atomic mass is 10.0. The molecule has 1 aliphatic rings. The summed E-state index contributed by atoms with van der Waals surface area (Å²) in [5.41, 5.74) is 1.11. The second-order valence-electron chi connectivity index (χ2n) is 4.81. The molecule has 1 aromatic carbocycles. The zero-order chi connectivity index (χ0) is 13.0. The summed E-state index contributed by atoms with van der Waals surface area (Å²) in [6.07, 6.45) is 0.958. The Labute approximate surface area is 117 Å². The molecule has 0 amide bonds. The van der Waals surface area contributed by atoms with Crippen molar-refractivity contribution in [2.75, 3.05) is 26.9 Å². The molecule has 1 aliphatic heterocycles. The Morgan fingerprint density at radius 3 is 2.89 bits per heavy atom. The molecule has 1 saturated heterocycles. The second-order valence-corrected chi connectivity index (χ2v) is 5.67. The van der Waals surface area contributed by atoms with Crippen LogP contribution in [0.15, 0.2) is 28.7 Å². The molecule has 2 unspecified atom stereocenters. The fourth-order valence-electron chi connectivity index (χ4n) is 2.24. The third kappa shape index (κ3) is 3.12. The monoisotopic (exact) mass is 313 g/mol. The van der Waals surface area contributed by atoms with Crippen molar-refractivity contribution in [1.82, 2.24) is 5.32 Å². The maximum atomic E-state index is 5.62. The van der Waals surface area contributed by atoms with Gasteiger partial charge in [-0.3, -0.25) is 0 Å². The normalized spacial score (nSPS) is 25.3. The van der Waals surface area contributed by atoms with Gasteiger partial charge in [-0.2, -0.15) is 0 Å². The number of benzene rings is 1. The lowest BCUT2D eigenvalue weighted by Gasteiger charge is -2.28. The molecular weight excluding hydrogens is 294 g/mol. The van der Waals surface area contributed by atoms with Gasteiger partial charge in [0.15, 0.2) is 0 Å². The maximum Gasteiger partial charge on any atom is 0.106 e. The minimum absolute atomic E-state index is 0.157. The van der Waals surface area contributed by atoms with Gasteiger partial charge in [0, 0.05) is 37.2 Å². The zero-order valence-corrected chi connectivity index (χ0v) is 12.5. The van der Waals surface area contributed by atoms with E-state index in [-0.39, 0.29) is 11.6 Å². The maximum absolute atomic E-state index is 5.62. The zero-order valence-electron chi connectivity index (χ0n) is 10.9. The topological polar surface area (TPSA) is 30.5 Å². The minimum atomic E-state index is -0.157. The lowest BCUT2D eigenvalue weighted by molar-refractivity contribution is -0.0172. The van der Waals surface area contributed by atoms with Crippen LogP contribution in [0.2, 0.25) is 0 Å². The molecule has 1 fully saturated rings. The predicted octanol–water partition coefficient (Wildman–Crippen LogP) is 2.91. The van der Waals surface area contributed by atoms with Crippen molar-refractivity contribution in [2.24, 2.45) is 0 Å². The molecule has 0 aliphatic carbocycles. The van der Waals surface area contributed by atoms with Crippen LogP contribution in [0.5, 0.6) is 0 Å². The van der Waals surface area contributed by atoms with Crippen LogP contribution < -0.4 is 5.32 Å². The number of methoxy groups -OCH3 is 1. The molecule has 0 aromatic heterocycles. The largest absolute Gasteiger partial charge is 0.378 e. The molecule has 1 heterocycles. The Kier molecular flexibility index (Phi) is 4.78. The minimum Gasteiger partial charge on any atom is -0.378 e. The number of halogens is 1. The van der Waals surface area contributed by atoms with Crippen molar-refractivity contribution >= 4 is 15.9 Å². The van der Waals surface area contributed by atoms with Crippen LogP contribution in [0.25, 0.3) is 0 Å². The van der Waals surface area contributed by atoms with Crippen LogP contribution in [0.3, 0.4) is 0 Å². The van der Waals surface area contributed by atoms with Crippen molar-refractivity contribution in [2.45, 2.75) is 25.0 Å². The quantitative estimate of drug-likeness (QED) is 0.906. The molecule has 2 rings (SSSR count). The standard InChI is InChI=1S/C14H20BrNO2/c1-11(12-5-3-4-6-13(12)15)16-9-14(17-2)7-8-18-10-14/h3-6,11,16H,7-10H2,1-2H3. The Hall–Kier alpha value is -0.420. The van der Waals surface area contributed by atoms with Gasteiger partial charge in [0.05, 0.1) is 6.61 Å². The fourth-order valence-corrected chi connectivity index (χ4v) is 2.86. The smallest absolute Gasteiger partial charge is 0.106 e. The van der Waals surface area contributed by atoms with E-state index in [1.165, 1.54) is 5.56 Å². The molecule has 4 heteroatoms. The van der Waals surface area contributed by atoms with Gasteiger partial charge in [0.25, 0.3) is 0 Å². The summed E-state index contributed by atoms with van der Waals surface area (Å²) in [7, 11) is 1.76. The van der Waals surface area contributed by atoms with Crippen molar-refractivity contribution in [3.05, 3.63) is 34.3 Å². The third-order valence-corrected chi connectivity index (χ3v) is 4.32. The van der Waals surface area contributed by atoms with Gasteiger partial charge in [-0.15, -0.1) is 0 Å². The molecule has 1 aromatic rings. The molecule has 18 heavy (non-hydrogen) atoms. The van der Waals surface area contributed by atoms with Gasteiger partial charge >= 0.3 is 0 Å². The van der Waals surface area contributed by atoms with E-state index in [4.69, 9.17) is 9.47 Å². The molecule has 0 bridgehead atoms. The average molecular weight is 314 g/mol. The number of nitrogens with one attached hydrogen (secondary N) is 1. The molecule has 2 atom stereocenters. The van der Waals surface area contributed by atoms with Crippen LogP contribution >= 0.6 is 15.9 Å². The van der Waals surface area contributed by atoms with E-state index in [0.717, 1.165) is 24.0 Å². The van der Waals surface area contributed by atoms with Gasteiger partial charge in [-0.05, 0) is 18.6 Å². The molecule has 0 spiro atoms. The molecule has 100 valence electrons. The SMILES string of the molecule is COC1(CNC(C)c2ccccc2Br)CCOC1. The number of ether oxygens (including phenoxy) is 2. The number of hydrogen-bond acceptors (Lipinski definition) is 3. The summed E-state index contributed by atoms with van der Waals surface area (Å²) < 4.78 is 12.2. The van der Waals surface area contributed by atoms with Crippen molar-refractivity contribution in [3.63, 3.8) is 0 Å². The first kappa shape index (κ1) is 14.0. The highest BCUT2D eigenvalue weighted by Gasteiger charge is 2.35.